The van der Waals surface area contributed by atoms with Crippen molar-refractivity contribution >= 4 is 27.3 Å². The Kier molecular flexibility index (Phi) is 5.92. The third-order valence-electron chi connectivity index (χ3n) is 3.55. The third kappa shape index (κ3) is 5.77. The van der Waals surface area contributed by atoms with E-state index in [0.29, 0.717) is 17.1 Å². The fourth-order valence-electron chi connectivity index (χ4n) is 2.42. The van der Waals surface area contributed by atoms with Gasteiger partial charge in [-0.15, -0.1) is 0 Å². The van der Waals surface area contributed by atoms with Crippen molar-refractivity contribution in [1.29, 1.82) is 0 Å². The molecule has 0 aliphatic rings. The van der Waals surface area contributed by atoms with Crippen LogP contribution in [0, 0.1) is 0 Å². The molecule has 140 valence electrons. The molecule has 0 saturated carbocycles. The molecule has 0 radical (unpaired) electrons. The molecule has 2 rings (SSSR count). The smallest absolute Gasteiger partial charge is 0.262 e. The fourth-order valence-corrected chi connectivity index (χ4v) is 3.00. The molecule has 7 heteroatoms. The van der Waals surface area contributed by atoms with Gasteiger partial charge in [0.15, 0.2) is 6.61 Å². The summed E-state index contributed by atoms with van der Waals surface area (Å²) in [5.41, 5.74) is 1.57. The second-order valence-electron chi connectivity index (χ2n) is 7.00. The molecule has 26 heavy (non-hydrogen) atoms. The predicted molar refractivity (Wildman–Crippen MR) is 104 cm³/mol. The number of sulfonamides is 1. The zero-order chi connectivity index (χ0) is 19.4. The van der Waals surface area contributed by atoms with Crippen LogP contribution in [-0.4, -0.2) is 27.2 Å². The maximum atomic E-state index is 12.3. The zero-order valence-corrected chi connectivity index (χ0v) is 16.2. The van der Waals surface area contributed by atoms with E-state index in [0.717, 1.165) is 11.8 Å². The lowest BCUT2D eigenvalue weighted by Gasteiger charge is -2.22. The van der Waals surface area contributed by atoms with Gasteiger partial charge in [-0.3, -0.25) is 9.52 Å². The van der Waals surface area contributed by atoms with Crippen LogP contribution in [0.25, 0.3) is 0 Å². The summed E-state index contributed by atoms with van der Waals surface area (Å²) < 4.78 is 30.9. The Balaban J connectivity index is 2.08. The fraction of sp³-hybridized carbons (Fsp3) is 0.316. The molecule has 0 aromatic heterocycles. The number of anilines is 2. The SMILES string of the molecule is CC(C)(C)c1ccccc1OCC(=O)Nc1ccccc1NS(C)(=O)=O. The Morgan fingerprint density at radius 3 is 2.19 bits per heavy atom. The predicted octanol–water partition coefficient (Wildman–Crippen LogP) is 3.37. The van der Waals surface area contributed by atoms with Crippen LogP contribution in [0.1, 0.15) is 26.3 Å². The van der Waals surface area contributed by atoms with Gasteiger partial charge in [-0.05, 0) is 29.2 Å². The maximum absolute atomic E-state index is 12.3. The van der Waals surface area contributed by atoms with Crippen LogP contribution in [0.15, 0.2) is 48.5 Å². The highest BCUT2D eigenvalue weighted by Gasteiger charge is 2.19. The Morgan fingerprint density at radius 2 is 1.58 bits per heavy atom. The Hall–Kier alpha value is -2.54. The van der Waals surface area contributed by atoms with Crippen molar-refractivity contribution in [1.82, 2.24) is 0 Å². The van der Waals surface area contributed by atoms with Crippen molar-refractivity contribution in [3.63, 3.8) is 0 Å². The van der Waals surface area contributed by atoms with Gasteiger partial charge in [0.2, 0.25) is 10.0 Å². The molecule has 0 aliphatic heterocycles. The third-order valence-corrected chi connectivity index (χ3v) is 4.14. The largest absolute Gasteiger partial charge is 0.483 e. The first-order valence-corrected chi connectivity index (χ1v) is 10.0. The van der Waals surface area contributed by atoms with Crippen LogP contribution >= 0.6 is 0 Å². The second kappa shape index (κ2) is 7.78. The molecule has 2 aromatic rings. The number of carbonyl (C=O) groups excluding carboxylic acids is 1. The number of ether oxygens (including phenoxy) is 1. The van der Waals surface area contributed by atoms with Crippen LogP contribution in [0.4, 0.5) is 11.4 Å². The van der Waals surface area contributed by atoms with Crippen LogP contribution in [0.3, 0.4) is 0 Å². The van der Waals surface area contributed by atoms with Crippen molar-refractivity contribution in [3.05, 3.63) is 54.1 Å². The van der Waals surface area contributed by atoms with Gasteiger partial charge in [-0.2, -0.15) is 0 Å². The van der Waals surface area contributed by atoms with Crippen LogP contribution in [0.5, 0.6) is 5.75 Å². The van der Waals surface area contributed by atoms with E-state index >= 15 is 0 Å². The van der Waals surface area contributed by atoms with E-state index in [9.17, 15) is 13.2 Å². The Morgan fingerprint density at radius 1 is 1.00 bits per heavy atom. The number of hydrogen-bond donors (Lipinski definition) is 2. The van der Waals surface area contributed by atoms with Crippen LogP contribution < -0.4 is 14.8 Å². The summed E-state index contributed by atoms with van der Waals surface area (Å²) in [5, 5.41) is 2.67. The van der Waals surface area contributed by atoms with Crippen molar-refractivity contribution < 1.29 is 17.9 Å². The lowest BCUT2D eigenvalue weighted by atomic mass is 9.86. The molecule has 0 aliphatic carbocycles. The zero-order valence-electron chi connectivity index (χ0n) is 15.4. The molecule has 2 aromatic carbocycles. The number of rotatable bonds is 6. The van der Waals surface area contributed by atoms with Crippen molar-refractivity contribution in [3.8, 4) is 5.75 Å². The van der Waals surface area contributed by atoms with E-state index in [-0.39, 0.29) is 17.9 Å². The molecule has 0 saturated heterocycles. The van der Waals surface area contributed by atoms with Crippen molar-refractivity contribution in [2.45, 2.75) is 26.2 Å². The lowest BCUT2D eigenvalue weighted by Crippen LogP contribution is -2.23. The molecular weight excluding hydrogens is 352 g/mol. The van der Waals surface area contributed by atoms with E-state index in [4.69, 9.17) is 4.74 Å². The minimum atomic E-state index is -3.45. The molecular formula is C19H24N2O4S. The molecule has 2 N–H and O–H groups in total. The summed E-state index contributed by atoms with van der Waals surface area (Å²) in [6.45, 7) is 6.04. The highest BCUT2D eigenvalue weighted by atomic mass is 32.2. The first-order chi connectivity index (χ1) is 12.1. The van der Waals surface area contributed by atoms with Gasteiger partial charge in [0.05, 0.1) is 17.6 Å². The standard InChI is InChI=1S/C19H24N2O4S/c1-19(2,3)14-9-5-8-12-17(14)25-13-18(22)20-15-10-6-7-11-16(15)21-26(4,23)24/h5-12,21H,13H2,1-4H3,(H,20,22). The van der Waals surface area contributed by atoms with E-state index in [1.165, 1.54) is 0 Å². The number of benzene rings is 2. The highest BCUT2D eigenvalue weighted by Crippen LogP contribution is 2.31. The molecule has 6 nitrogen and oxygen atoms in total. The topological polar surface area (TPSA) is 84.5 Å². The number of para-hydroxylation sites is 3. The van der Waals surface area contributed by atoms with Crippen molar-refractivity contribution in [2.75, 3.05) is 22.9 Å². The Bertz CT molecular complexity index is 886. The minimum Gasteiger partial charge on any atom is -0.483 e. The van der Waals surface area contributed by atoms with Gasteiger partial charge in [0.25, 0.3) is 5.91 Å². The van der Waals surface area contributed by atoms with E-state index in [2.05, 4.69) is 30.8 Å². The van der Waals surface area contributed by atoms with E-state index in [1.807, 2.05) is 24.3 Å². The summed E-state index contributed by atoms with van der Waals surface area (Å²) in [6.07, 6.45) is 1.05. The minimum absolute atomic E-state index is 0.112. The quantitative estimate of drug-likeness (QED) is 0.809. The summed E-state index contributed by atoms with van der Waals surface area (Å²) in [7, 11) is -3.45. The first-order valence-electron chi connectivity index (χ1n) is 8.15. The number of amides is 1. The summed E-state index contributed by atoms with van der Waals surface area (Å²) >= 11 is 0. The van der Waals surface area contributed by atoms with Gasteiger partial charge in [0, 0.05) is 0 Å². The summed E-state index contributed by atoms with van der Waals surface area (Å²) in [6, 6.07) is 14.2. The van der Waals surface area contributed by atoms with Crippen LogP contribution in [0.2, 0.25) is 0 Å². The van der Waals surface area contributed by atoms with E-state index in [1.54, 1.807) is 24.3 Å². The summed E-state index contributed by atoms with van der Waals surface area (Å²) in [4.78, 5) is 12.3. The molecule has 1 amide bonds. The van der Waals surface area contributed by atoms with Crippen molar-refractivity contribution in [2.24, 2.45) is 0 Å². The molecule has 0 fully saturated rings. The maximum Gasteiger partial charge on any atom is 0.262 e. The Labute approximate surface area is 154 Å². The summed E-state index contributed by atoms with van der Waals surface area (Å²) in [5.74, 6) is 0.272. The van der Waals surface area contributed by atoms with Gasteiger partial charge in [-0.25, -0.2) is 8.42 Å². The second-order valence-corrected chi connectivity index (χ2v) is 8.75. The van der Waals surface area contributed by atoms with Crippen LogP contribution in [-0.2, 0) is 20.2 Å². The molecule has 0 atom stereocenters. The monoisotopic (exact) mass is 376 g/mol. The number of hydrogen-bond acceptors (Lipinski definition) is 4. The lowest BCUT2D eigenvalue weighted by molar-refractivity contribution is -0.118. The molecule has 0 heterocycles. The van der Waals surface area contributed by atoms with Gasteiger partial charge in [0.1, 0.15) is 5.75 Å². The normalized spacial score (nSPS) is 11.7. The highest BCUT2D eigenvalue weighted by molar-refractivity contribution is 7.92. The molecule has 0 spiro atoms. The molecule has 0 bridgehead atoms. The van der Waals surface area contributed by atoms with E-state index < -0.39 is 10.0 Å². The average Bonchev–Trinajstić information content (AvgIpc) is 2.53. The number of carbonyl (C=O) groups is 1. The average molecular weight is 376 g/mol. The van der Waals surface area contributed by atoms with Gasteiger partial charge < -0.3 is 10.1 Å². The number of nitrogens with one attached hydrogen (secondary N) is 2. The van der Waals surface area contributed by atoms with Gasteiger partial charge >= 0.3 is 0 Å². The first kappa shape index (κ1) is 19.8. The van der Waals surface area contributed by atoms with Gasteiger partial charge in [-0.1, -0.05) is 51.1 Å². The molecule has 0 unspecified atom stereocenters.